The molecule has 0 aromatic heterocycles. The number of oxime groups is 1. The van der Waals surface area contributed by atoms with Crippen molar-refractivity contribution in [3.05, 3.63) is 27.7 Å². The van der Waals surface area contributed by atoms with Gasteiger partial charge in [0.25, 0.3) is 0 Å². The summed E-state index contributed by atoms with van der Waals surface area (Å²) in [5.74, 6) is 1.75. The van der Waals surface area contributed by atoms with Gasteiger partial charge in [-0.05, 0) is 26.0 Å². The van der Waals surface area contributed by atoms with Crippen molar-refractivity contribution in [2.75, 3.05) is 12.5 Å². The molecule has 21 heavy (non-hydrogen) atoms. The van der Waals surface area contributed by atoms with Gasteiger partial charge >= 0.3 is 0 Å². The zero-order valence-electron chi connectivity index (χ0n) is 11.8. The van der Waals surface area contributed by atoms with Gasteiger partial charge in [0.05, 0.1) is 17.5 Å². The Balaban J connectivity index is 2.07. The van der Waals surface area contributed by atoms with Gasteiger partial charge < -0.3 is 9.57 Å². The summed E-state index contributed by atoms with van der Waals surface area (Å²) in [4.78, 5) is 5.37. The van der Waals surface area contributed by atoms with Crippen molar-refractivity contribution in [3.8, 4) is 5.75 Å². The number of thioether (sulfide) groups is 1. The number of benzene rings is 1. The van der Waals surface area contributed by atoms with E-state index in [0.717, 1.165) is 10.6 Å². The molecular weight excluding hydrogens is 353 g/mol. The lowest BCUT2D eigenvalue weighted by molar-refractivity contribution is 0.0152. The summed E-state index contributed by atoms with van der Waals surface area (Å²) in [5.41, 5.74) is 0.542. The summed E-state index contributed by atoms with van der Waals surface area (Å²) >= 11 is 19.7. The van der Waals surface area contributed by atoms with Gasteiger partial charge in [-0.2, -0.15) is 0 Å². The Morgan fingerprint density at radius 3 is 2.81 bits per heavy atom. The molecule has 1 atom stereocenters. The molecule has 0 N–H and O–H groups in total. The highest BCUT2D eigenvalue weighted by Crippen LogP contribution is 2.37. The van der Waals surface area contributed by atoms with Crippen LogP contribution < -0.4 is 4.74 Å². The van der Waals surface area contributed by atoms with Gasteiger partial charge in [-0.1, -0.05) is 28.4 Å². The highest BCUT2D eigenvalue weighted by molar-refractivity contribution is 8.13. The van der Waals surface area contributed by atoms with Crippen LogP contribution in [-0.2, 0) is 10.6 Å². The Morgan fingerprint density at radius 2 is 2.19 bits per heavy atom. The van der Waals surface area contributed by atoms with Crippen molar-refractivity contribution in [3.63, 3.8) is 0 Å². The third kappa shape index (κ3) is 4.35. The molecule has 0 fully saturated rings. The molecule has 0 saturated heterocycles. The predicted octanol–water partition coefficient (Wildman–Crippen LogP) is 5.36. The second-order valence-electron chi connectivity index (χ2n) is 4.93. The first kappa shape index (κ1) is 17.1. The molecular formula is C14H16Cl3NO2S. The van der Waals surface area contributed by atoms with Crippen LogP contribution in [0.25, 0.3) is 0 Å². The first-order chi connectivity index (χ1) is 9.97. The van der Waals surface area contributed by atoms with E-state index >= 15 is 0 Å². The lowest BCUT2D eigenvalue weighted by Crippen LogP contribution is -2.26. The molecule has 1 aromatic carbocycles. The zero-order chi connectivity index (χ0) is 15.5. The van der Waals surface area contributed by atoms with Gasteiger partial charge in [0, 0.05) is 22.8 Å². The summed E-state index contributed by atoms with van der Waals surface area (Å²) in [7, 11) is 0. The van der Waals surface area contributed by atoms with Gasteiger partial charge in [0.1, 0.15) is 10.8 Å². The number of alkyl halides is 1. The van der Waals surface area contributed by atoms with E-state index in [1.165, 1.54) is 0 Å². The summed E-state index contributed by atoms with van der Waals surface area (Å²) < 4.78 is 5.60. The number of hydrogen-bond donors (Lipinski definition) is 0. The minimum Gasteiger partial charge on any atom is -0.492 e. The first-order valence-corrected chi connectivity index (χ1v) is 8.79. The first-order valence-electron chi connectivity index (χ1n) is 6.52. The van der Waals surface area contributed by atoms with E-state index in [1.807, 2.05) is 19.9 Å². The summed E-state index contributed by atoms with van der Waals surface area (Å²) in [5, 5.41) is 6.11. The maximum Gasteiger partial charge on any atom is 0.154 e. The molecule has 1 aromatic rings. The van der Waals surface area contributed by atoms with E-state index < -0.39 is 5.60 Å². The quantitative estimate of drug-likeness (QED) is 0.656. The molecule has 1 aliphatic heterocycles. The van der Waals surface area contributed by atoms with E-state index in [-0.39, 0.29) is 0 Å². The molecule has 0 saturated carbocycles. The highest BCUT2D eigenvalue weighted by atomic mass is 35.5. The fraction of sp³-hybridized carbons (Fsp3) is 0.500. The Kier molecular flexibility index (Phi) is 5.95. The molecule has 2 rings (SSSR count). The van der Waals surface area contributed by atoms with Crippen LogP contribution in [0.3, 0.4) is 0 Å². The summed E-state index contributed by atoms with van der Waals surface area (Å²) in [6, 6.07) is 3.55. The number of rotatable bonds is 5. The van der Waals surface area contributed by atoms with Gasteiger partial charge in [-0.3, -0.25) is 0 Å². The number of ether oxygens (including phenoxy) is 1. The fourth-order valence-electron chi connectivity index (χ4n) is 1.88. The number of nitrogens with zero attached hydrogens (tertiary/aromatic N) is 1. The van der Waals surface area contributed by atoms with Crippen LogP contribution >= 0.6 is 46.6 Å². The van der Waals surface area contributed by atoms with Gasteiger partial charge in [-0.25, -0.2) is 0 Å². The lowest BCUT2D eigenvalue weighted by atomic mass is 10.1. The number of halogens is 3. The Labute approximate surface area is 143 Å². The molecule has 116 valence electrons. The maximum absolute atomic E-state index is 6.19. The standard InChI is InChI=1S/C14H16Cl3NO2S/c1-3-19-13-9(4-10(16)5-11(13)17)7-21-12-6-14(2,8-15)20-18-12/h4-5H,3,6-8H2,1-2H3. The smallest absolute Gasteiger partial charge is 0.154 e. The topological polar surface area (TPSA) is 30.8 Å². The maximum atomic E-state index is 6.19. The third-order valence-corrected chi connectivity index (χ3v) is 5.02. The van der Waals surface area contributed by atoms with Crippen LogP contribution in [0, 0.1) is 0 Å². The summed E-state index contributed by atoms with van der Waals surface area (Å²) in [6.07, 6.45) is 0.708. The highest BCUT2D eigenvalue weighted by Gasteiger charge is 2.33. The third-order valence-electron chi connectivity index (χ3n) is 2.94. The molecule has 0 radical (unpaired) electrons. The van der Waals surface area contributed by atoms with E-state index in [9.17, 15) is 0 Å². The van der Waals surface area contributed by atoms with Crippen LogP contribution in [0.15, 0.2) is 17.3 Å². The largest absolute Gasteiger partial charge is 0.492 e. The SMILES string of the molecule is CCOc1c(Cl)cc(Cl)cc1CSC1=NOC(C)(CCl)C1. The van der Waals surface area contributed by atoms with Crippen molar-refractivity contribution in [1.29, 1.82) is 0 Å². The molecule has 0 bridgehead atoms. The van der Waals surface area contributed by atoms with Crippen molar-refractivity contribution in [2.24, 2.45) is 5.16 Å². The Bertz CT molecular complexity index is 553. The molecule has 3 nitrogen and oxygen atoms in total. The van der Waals surface area contributed by atoms with Crippen molar-refractivity contribution < 1.29 is 9.57 Å². The van der Waals surface area contributed by atoms with Crippen LogP contribution in [0.1, 0.15) is 25.8 Å². The zero-order valence-corrected chi connectivity index (χ0v) is 14.9. The average molecular weight is 369 g/mol. The molecule has 7 heteroatoms. The molecule has 0 amide bonds. The van der Waals surface area contributed by atoms with Crippen molar-refractivity contribution >= 4 is 51.6 Å². The van der Waals surface area contributed by atoms with E-state index in [2.05, 4.69) is 5.16 Å². The molecule has 1 aliphatic rings. The van der Waals surface area contributed by atoms with E-state index in [1.54, 1.807) is 17.8 Å². The van der Waals surface area contributed by atoms with Gasteiger partial charge in [0.15, 0.2) is 5.60 Å². The van der Waals surface area contributed by atoms with Crippen LogP contribution in [0.4, 0.5) is 0 Å². The second kappa shape index (κ2) is 7.32. The minimum atomic E-state index is -0.404. The fourth-order valence-corrected chi connectivity index (χ4v) is 3.65. The lowest BCUT2D eigenvalue weighted by Gasteiger charge is -2.16. The van der Waals surface area contributed by atoms with Crippen LogP contribution in [0.2, 0.25) is 10.0 Å². The van der Waals surface area contributed by atoms with Gasteiger partial charge in [-0.15, -0.1) is 23.4 Å². The van der Waals surface area contributed by atoms with E-state index in [4.69, 9.17) is 44.4 Å². The van der Waals surface area contributed by atoms with E-state index in [0.29, 0.717) is 40.5 Å². The Hall–Kier alpha value is -0.290. The monoisotopic (exact) mass is 367 g/mol. The predicted molar refractivity (Wildman–Crippen MR) is 91.2 cm³/mol. The minimum absolute atomic E-state index is 0.404. The van der Waals surface area contributed by atoms with Crippen LogP contribution in [0.5, 0.6) is 5.75 Å². The van der Waals surface area contributed by atoms with Crippen molar-refractivity contribution in [1.82, 2.24) is 0 Å². The number of hydrogen-bond acceptors (Lipinski definition) is 4. The van der Waals surface area contributed by atoms with Gasteiger partial charge in [0.2, 0.25) is 0 Å². The summed E-state index contributed by atoms with van der Waals surface area (Å²) in [6.45, 7) is 4.41. The molecule has 1 heterocycles. The van der Waals surface area contributed by atoms with Crippen molar-refractivity contribution in [2.45, 2.75) is 31.6 Å². The molecule has 1 unspecified atom stereocenters. The Morgan fingerprint density at radius 1 is 1.43 bits per heavy atom. The second-order valence-corrected chi connectivity index (χ2v) is 7.09. The molecule has 0 spiro atoms. The molecule has 0 aliphatic carbocycles. The van der Waals surface area contributed by atoms with Crippen LogP contribution in [-0.4, -0.2) is 23.1 Å². The normalized spacial score (nSPS) is 21.1. The average Bonchev–Trinajstić information content (AvgIpc) is 2.82.